The molecule has 2 amide bonds. The zero-order valence-corrected chi connectivity index (χ0v) is 21.6. The Hall–Kier alpha value is -3.17. The Morgan fingerprint density at radius 2 is 1.86 bits per heavy atom. The summed E-state index contributed by atoms with van der Waals surface area (Å²) in [5.41, 5.74) is 2.75. The van der Waals surface area contributed by atoms with Gasteiger partial charge in [0.2, 0.25) is 12.1 Å². The standard InChI is InChI=1S/C26H34N6O2S/c1-5-22(35)28-18(4)25(33)30-24-26(34)32(17-16-31(6-2)7-3)21-14-9-8-12-19(21)23(29-24)20-13-10-11-15-27-20/h8-15,18,24H,5-7,16-17H2,1-4H3,(H,28,35)(H,30,33)/t18-,24?/m0/s1. The molecule has 0 fully saturated rings. The second-order valence-electron chi connectivity index (χ2n) is 8.28. The summed E-state index contributed by atoms with van der Waals surface area (Å²) in [6.45, 7) is 10.8. The van der Waals surface area contributed by atoms with Crippen LogP contribution in [0.25, 0.3) is 0 Å². The fourth-order valence-electron chi connectivity index (χ4n) is 3.91. The van der Waals surface area contributed by atoms with Crippen LogP contribution in [0.3, 0.4) is 0 Å². The molecule has 9 heteroatoms. The molecular weight excluding hydrogens is 460 g/mol. The Labute approximate surface area is 212 Å². The molecule has 8 nitrogen and oxygen atoms in total. The molecule has 3 rings (SSSR count). The van der Waals surface area contributed by atoms with Gasteiger partial charge in [0.1, 0.15) is 6.04 Å². The Bertz CT molecular complexity index is 1070. The van der Waals surface area contributed by atoms with Crippen molar-refractivity contribution in [1.29, 1.82) is 0 Å². The Balaban J connectivity index is 2.02. The quantitative estimate of drug-likeness (QED) is 0.494. The van der Waals surface area contributed by atoms with Gasteiger partial charge < -0.3 is 20.4 Å². The lowest BCUT2D eigenvalue weighted by Crippen LogP contribution is -2.53. The van der Waals surface area contributed by atoms with Crippen molar-refractivity contribution in [3.8, 4) is 0 Å². The van der Waals surface area contributed by atoms with Crippen LogP contribution in [0.5, 0.6) is 0 Å². The minimum Gasteiger partial charge on any atom is -0.368 e. The summed E-state index contributed by atoms with van der Waals surface area (Å²) in [7, 11) is 0. The van der Waals surface area contributed by atoms with Gasteiger partial charge >= 0.3 is 0 Å². The first-order chi connectivity index (χ1) is 16.9. The summed E-state index contributed by atoms with van der Waals surface area (Å²) >= 11 is 5.22. The third-order valence-corrected chi connectivity index (χ3v) is 6.43. The van der Waals surface area contributed by atoms with Crippen molar-refractivity contribution in [1.82, 2.24) is 20.5 Å². The van der Waals surface area contributed by atoms with Crippen molar-refractivity contribution >= 4 is 40.4 Å². The Morgan fingerprint density at radius 1 is 1.14 bits per heavy atom. The summed E-state index contributed by atoms with van der Waals surface area (Å²) in [5, 5.41) is 5.84. The number of benzene rings is 1. The van der Waals surface area contributed by atoms with Crippen molar-refractivity contribution in [3.05, 3.63) is 59.9 Å². The average Bonchev–Trinajstić information content (AvgIpc) is 2.99. The number of nitrogens with one attached hydrogen (secondary N) is 2. The van der Waals surface area contributed by atoms with E-state index in [-0.39, 0.29) is 11.8 Å². The van der Waals surface area contributed by atoms with Crippen LogP contribution in [-0.4, -0.2) is 70.8 Å². The van der Waals surface area contributed by atoms with Crippen molar-refractivity contribution < 1.29 is 9.59 Å². The van der Waals surface area contributed by atoms with E-state index in [1.165, 1.54) is 0 Å². The van der Waals surface area contributed by atoms with Gasteiger partial charge in [0.25, 0.3) is 5.91 Å². The van der Waals surface area contributed by atoms with E-state index in [2.05, 4.69) is 34.4 Å². The maximum Gasteiger partial charge on any atom is 0.272 e. The average molecular weight is 495 g/mol. The first-order valence-corrected chi connectivity index (χ1v) is 12.5. The van der Waals surface area contributed by atoms with E-state index in [1.807, 2.05) is 49.4 Å². The Morgan fingerprint density at radius 3 is 2.51 bits per heavy atom. The zero-order valence-electron chi connectivity index (χ0n) is 20.8. The molecule has 2 N–H and O–H groups in total. The molecule has 0 bridgehead atoms. The molecule has 1 unspecified atom stereocenters. The second kappa shape index (κ2) is 12.5. The second-order valence-corrected chi connectivity index (χ2v) is 8.77. The fraction of sp³-hybridized carbons (Fsp3) is 0.423. The number of carbonyl (C=O) groups is 2. The Kier molecular flexibility index (Phi) is 9.45. The maximum atomic E-state index is 13.8. The summed E-state index contributed by atoms with van der Waals surface area (Å²) in [6.07, 6.45) is 1.23. The van der Waals surface area contributed by atoms with Crippen LogP contribution in [0.2, 0.25) is 0 Å². The molecule has 2 heterocycles. The van der Waals surface area contributed by atoms with Crippen LogP contribution in [-0.2, 0) is 9.59 Å². The number of pyridine rings is 1. The number of amides is 2. The van der Waals surface area contributed by atoms with Gasteiger partial charge in [0, 0.05) is 24.8 Å². The van der Waals surface area contributed by atoms with Crippen LogP contribution in [0.4, 0.5) is 5.69 Å². The van der Waals surface area contributed by atoms with Gasteiger partial charge in [0.05, 0.1) is 22.1 Å². The summed E-state index contributed by atoms with van der Waals surface area (Å²) in [4.78, 5) is 40.7. The van der Waals surface area contributed by atoms with Crippen molar-refractivity contribution in [2.45, 2.75) is 46.3 Å². The number of hydrogen-bond acceptors (Lipinski definition) is 6. The molecule has 1 aliphatic rings. The maximum absolute atomic E-state index is 13.8. The topological polar surface area (TPSA) is 89.9 Å². The van der Waals surface area contributed by atoms with Crippen LogP contribution in [0, 0.1) is 0 Å². The minimum atomic E-state index is -1.09. The first kappa shape index (κ1) is 26.4. The summed E-state index contributed by atoms with van der Waals surface area (Å²) < 4.78 is 0. The number of thiocarbonyl (C=S) groups is 1. The normalized spacial score (nSPS) is 16.3. The number of benzodiazepines with no additional fused rings is 1. The van der Waals surface area contributed by atoms with E-state index in [4.69, 9.17) is 17.2 Å². The number of aliphatic imine (C=N–C) groups is 1. The molecule has 2 aromatic rings. The van der Waals surface area contributed by atoms with Crippen molar-refractivity contribution in [3.63, 3.8) is 0 Å². The third-order valence-electron chi connectivity index (χ3n) is 6.02. The number of nitrogens with zero attached hydrogens (tertiary/aromatic N) is 4. The number of fused-ring (bicyclic) bond motifs is 1. The molecule has 1 aromatic heterocycles. The van der Waals surface area contributed by atoms with E-state index in [0.29, 0.717) is 35.9 Å². The van der Waals surface area contributed by atoms with E-state index in [9.17, 15) is 9.59 Å². The largest absolute Gasteiger partial charge is 0.368 e. The van der Waals surface area contributed by atoms with Crippen LogP contribution >= 0.6 is 12.2 Å². The highest BCUT2D eigenvalue weighted by atomic mass is 32.1. The van der Waals surface area contributed by atoms with Crippen LogP contribution in [0.15, 0.2) is 53.7 Å². The summed E-state index contributed by atoms with van der Waals surface area (Å²) in [5.74, 6) is -0.632. The lowest BCUT2D eigenvalue weighted by molar-refractivity contribution is -0.128. The van der Waals surface area contributed by atoms with E-state index < -0.39 is 12.2 Å². The van der Waals surface area contributed by atoms with Gasteiger partial charge in [-0.05, 0) is 44.6 Å². The number of para-hydroxylation sites is 1. The van der Waals surface area contributed by atoms with Gasteiger partial charge in [-0.2, -0.15) is 0 Å². The van der Waals surface area contributed by atoms with E-state index >= 15 is 0 Å². The predicted octanol–water partition coefficient (Wildman–Crippen LogP) is 2.77. The molecule has 2 atom stereocenters. The zero-order chi connectivity index (χ0) is 25.4. The monoisotopic (exact) mass is 494 g/mol. The molecule has 0 radical (unpaired) electrons. The molecule has 0 aliphatic carbocycles. The van der Waals surface area contributed by atoms with Gasteiger partial charge in [0.15, 0.2) is 0 Å². The fourth-order valence-corrected chi connectivity index (χ4v) is 4.09. The molecule has 186 valence electrons. The molecule has 0 saturated heterocycles. The number of carbonyl (C=O) groups excluding carboxylic acids is 2. The number of likely N-dealkylation sites (N-methyl/N-ethyl adjacent to an activating group) is 1. The highest BCUT2D eigenvalue weighted by Gasteiger charge is 2.34. The van der Waals surface area contributed by atoms with E-state index in [0.717, 1.165) is 24.3 Å². The van der Waals surface area contributed by atoms with Gasteiger partial charge in [-0.1, -0.05) is 57.3 Å². The first-order valence-electron chi connectivity index (χ1n) is 12.1. The molecule has 0 spiro atoms. The molecule has 0 saturated carbocycles. The number of aromatic nitrogens is 1. The SMILES string of the molecule is CCC(=S)N[C@@H](C)C(=O)NC1N=C(c2ccccn2)c2ccccc2N(CCN(CC)CC)C1=O. The smallest absolute Gasteiger partial charge is 0.272 e. The highest BCUT2D eigenvalue weighted by molar-refractivity contribution is 7.80. The van der Waals surface area contributed by atoms with E-state index in [1.54, 1.807) is 18.0 Å². The lowest BCUT2D eigenvalue weighted by atomic mass is 10.0. The van der Waals surface area contributed by atoms with Crippen molar-refractivity contribution in [2.75, 3.05) is 31.1 Å². The third kappa shape index (κ3) is 6.49. The van der Waals surface area contributed by atoms with Gasteiger partial charge in [-0.3, -0.25) is 14.6 Å². The lowest BCUT2D eigenvalue weighted by Gasteiger charge is -2.28. The molecule has 1 aliphatic heterocycles. The van der Waals surface area contributed by atoms with Crippen LogP contribution < -0.4 is 15.5 Å². The molecular formula is C26H34N6O2S. The van der Waals surface area contributed by atoms with Crippen molar-refractivity contribution in [2.24, 2.45) is 4.99 Å². The minimum absolute atomic E-state index is 0.283. The molecule has 35 heavy (non-hydrogen) atoms. The van der Waals surface area contributed by atoms with Gasteiger partial charge in [-0.15, -0.1) is 0 Å². The number of rotatable bonds is 10. The predicted molar refractivity (Wildman–Crippen MR) is 144 cm³/mol. The number of hydrogen-bond donors (Lipinski definition) is 2. The number of anilines is 1. The van der Waals surface area contributed by atoms with Crippen LogP contribution in [0.1, 0.15) is 45.4 Å². The highest BCUT2D eigenvalue weighted by Crippen LogP contribution is 2.27. The van der Waals surface area contributed by atoms with Gasteiger partial charge in [-0.25, -0.2) is 4.99 Å². The summed E-state index contributed by atoms with van der Waals surface area (Å²) in [6, 6.07) is 12.6. The molecule has 1 aromatic carbocycles.